The van der Waals surface area contributed by atoms with Crippen LogP contribution in [-0.2, 0) is 11.3 Å². The number of nitrogens with one attached hydrogen (secondary N) is 1. The molecule has 3 rings (SSSR count). The first-order valence-corrected chi connectivity index (χ1v) is 7.87. The molecule has 122 valence electrons. The van der Waals surface area contributed by atoms with Gasteiger partial charge in [0, 0.05) is 25.1 Å². The van der Waals surface area contributed by atoms with E-state index in [-0.39, 0.29) is 17.4 Å². The van der Waals surface area contributed by atoms with Crippen LogP contribution in [0.3, 0.4) is 0 Å². The number of carbonyl (C=O) groups excluding carboxylic acids is 1. The van der Waals surface area contributed by atoms with Gasteiger partial charge in [-0.1, -0.05) is 12.1 Å². The van der Waals surface area contributed by atoms with Crippen molar-refractivity contribution in [3.63, 3.8) is 0 Å². The summed E-state index contributed by atoms with van der Waals surface area (Å²) >= 11 is 0. The Morgan fingerprint density at radius 1 is 1.43 bits per heavy atom. The van der Waals surface area contributed by atoms with Crippen molar-refractivity contribution in [2.24, 2.45) is 0 Å². The Bertz CT molecular complexity index is 791. The maximum atomic E-state index is 12.6. The third kappa shape index (κ3) is 2.82. The number of amides is 1. The number of hydrogen-bond acceptors (Lipinski definition) is 4. The average molecular weight is 316 g/mol. The van der Waals surface area contributed by atoms with Gasteiger partial charge in [0.25, 0.3) is 11.5 Å². The zero-order valence-corrected chi connectivity index (χ0v) is 13.0. The molecule has 1 amide bonds. The second-order valence-electron chi connectivity index (χ2n) is 5.64. The molecule has 2 aromatic rings. The van der Waals surface area contributed by atoms with Gasteiger partial charge in [0.2, 0.25) is 0 Å². The number of benzene rings is 1. The predicted octanol–water partition coefficient (Wildman–Crippen LogP) is 1.64. The number of rotatable bonds is 4. The van der Waals surface area contributed by atoms with Crippen LogP contribution >= 0.6 is 0 Å². The molecule has 0 radical (unpaired) electrons. The zero-order valence-electron chi connectivity index (χ0n) is 13.0. The summed E-state index contributed by atoms with van der Waals surface area (Å²) in [6, 6.07) is 7.02. The maximum absolute atomic E-state index is 12.6. The van der Waals surface area contributed by atoms with Gasteiger partial charge in [-0.15, -0.1) is 0 Å². The van der Waals surface area contributed by atoms with Crippen molar-refractivity contribution in [3.05, 3.63) is 40.2 Å². The lowest BCUT2D eigenvalue weighted by molar-refractivity contribution is 0.0854. The molecular weight excluding hydrogens is 296 g/mol. The second-order valence-corrected chi connectivity index (χ2v) is 5.64. The van der Waals surface area contributed by atoms with Gasteiger partial charge in [0.05, 0.1) is 11.6 Å². The minimum atomic E-state index is -0.559. The Morgan fingerprint density at radius 2 is 2.22 bits per heavy atom. The van der Waals surface area contributed by atoms with E-state index in [4.69, 9.17) is 4.74 Å². The minimum Gasteiger partial charge on any atom is -0.506 e. The highest BCUT2D eigenvalue weighted by Gasteiger charge is 2.23. The van der Waals surface area contributed by atoms with E-state index in [1.54, 1.807) is 24.3 Å². The molecule has 0 aliphatic carbocycles. The van der Waals surface area contributed by atoms with Crippen LogP contribution in [0.25, 0.3) is 10.9 Å². The molecule has 2 N–H and O–H groups in total. The fourth-order valence-corrected chi connectivity index (χ4v) is 3.01. The lowest BCUT2D eigenvalue weighted by atomic mass is 10.1. The SMILES string of the molecule is CCn1c(=O)c(C(=O)NCC2CCCO2)c(O)c2ccccc21. The van der Waals surface area contributed by atoms with Crippen molar-refractivity contribution in [1.82, 2.24) is 9.88 Å². The third-order valence-electron chi connectivity index (χ3n) is 4.20. The molecule has 0 bridgehead atoms. The molecule has 1 aromatic heterocycles. The molecule has 1 saturated heterocycles. The van der Waals surface area contributed by atoms with Crippen LogP contribution in [0.4, 0.5) is 0 Å². The average Bonchev–Trinajstić information content (AvgIpc) is 3.07. The molecule has 1 aliphatic rings. The van der Waals surface area contributed by atoms with Crippen molar-refractivity contribution < 1.29 is 14.6 Å². The van der Waals surface area contributed by atoms with Gasteiger partial charge in [0.15, 0.2) is 0 Å². The van der Waals surface area contributed by atoms with E-state index in [9.17, 15) is 14.7 Å². The summed E-state index contributed by atoms with van der Waals surface area (Å²) in [4.78, 5) is 25.0. The van der Waals surface area contributed by atoms with E-state index in [0.29, 0.717) is 30.6 Å². The summed E-state index contributed by atoms with van der Waals surface area (Å²) < 4.78 is 6.95. The van der Waals surface area contributed by atoms with Crippen molar-refractivity contribution in [3.8, 4) is 5.75 Å². The van der Waals surface area contributed by atoms with Crippen molar-refractivity contribution in [2.45, 2.75) is 32.4 Å². The number of carbonyl (C=O) groups is 1. The lowest BCUT2D eigenvalue weighted by Crippen LogP contribution is -2.36. The first kappa shape index (κ1) is 15.6. The van der Waals surface area contributed by atoms with Crippen LogP contribution < -0.4 is 10.9 Å². The van der Waals surface area contributed by atoms with Crippen LogP contribution in [-0.4, -0.2) is 34.8 Å². The topological polar surface area (TPSA) is 80.6 Å². The minimum absolute atomic E-state index is 0.0186. The first-order chi connectivity index (χ1) is 11.1. The number of hydrogen-bond donors (Lipinski definition) is 2. The molecule has 0 saturated carbocycles. The number of pyridine rings is 1. The molecule has 6 nitrogen and oxygen atoms in total. The Labute approximate surface area is 133 Å². The Kier molecular flexibility index (Phi) is 4.34. The lowest BCUT2D eigenvalue weighted by Gasteiger charge is -2.15. The van der Waals surface area contributed by atoms with Crippen LogP contribution in [0.1, 0.15) is 30.1 Å². The summed E-state index contributed by atoms with van der Waals surface area (Å²) in [6.07, 6.45) is 1.85. The highest BCUT2D eigenvalue weighted by Crippen LogP contribution is 2.26. The third-order valence-corrected chi connectivity index (χ3v) is 4.20. The summed E-state index contributed by atoms with van der Waals surface area (Å²) in [6.45, 7) is 3.30. The smallest absolute Gasteiger partial charge is 0.267 e. The zero-order chi connectivity index (χ0) is 16.4. The highest BCUT2D eigenvalue weighted by atomic mass is 16.5. The van der Waals surface area contributed by atoms with Gasteiger partial charge >= 0.3 is 0 Å². The number of ether oxygens (including phenoxy) is 1. The Hall–Kier alpha value is -2.34. The van der Waals surface area contributed by atoms with Crippen LogP contribution in [0.2, 0.25) is 0 Å². The molecule has 1 aromatic carbocycles. The maximum Gasteiger partial charge on any atom is 0.267 e. The van der Waals surface area contributed by atoms with E-state index in [0.717, 1.165) is 12.8 Å². The Balaban J connectivity index is 1.99. The summed E-state index contributed by atoms with van der Waals surface area (Å²) in [5.74, 6) is -0.823. The highest BCUT2D eigenvalue weighted by molar-refractivity contribution is 6.02. The molecule has 2 heterocycles. The van der Waals surface area contributed by atoms with Gasteiger partial charge in [-0.2, -0.15) is 0 Å². The molecule has 23 heavy (non-hydrogen) atoms. The molecule has 1 atom stereocenters. The second kappa shape index (κ2) is 6.42. The van der Waals surface area contributed by atoms with Gasteiger partial charge < -0.3 is 19.7 Å². The molecule has 0 spiro atoms. The summed E-state index contributed by atoms with van der Waals surface area (Å²) in [7, 11) is 0. The van der Waals surface area contributed by atoms with Crippen LogP contribution in [0.15, 0.2) is 29.1 Å². The quantitative estimate of drug-likeness (QED) is 0.898. The fourth-order valence-electron chi connectivity index (χ4n) is 3.01. The summed E-state index contributed by atoms with van der Waals surface area (Å²) in [5, 5.41) is 13.6. The number of aromatic nitrogens is 1. The van der Waals surface area contributed by atoms with Crippen LogP contribution in [0.5, 0.6) is 5.75 Å². The van der Waals surface area contributed by atoms with Gasteiger partial charge in [-0.05, 0) is 31.9 Å². The largest absolute Gasteiger partial charge is 0.506 e. The van der Waals surface area contributed by atoms with E-state index in [1.807, 2.05) is 6.92 Å². The van der Waals surface area contributed by atoms with Gasteiger partial charge in [-0.3, -0.25) is 9.59 Å². The number of aromatic hydroxyl groups is 1. The molecule has 1 aliphatic heterocycles. The molecular formula is C17H20N2O4. The number of para-hydroxylation sites is 1. The number of fused-ring (bicyclic) bond motifs is 1. The van der Waals surface area contributed by atoms with Crippen molar-refractivity contribution in [2.75, 3.05) is 13.2 Å². The normalized spacial score (nSPS) is 17.5. The van der Waals surface area contributed by atoms with Crippen LogP contribution in [0, 0.1) is 0 Å². The van der Waals surface area contributed by atoms with E-state index >= 15 is 0 Å². The van der Waals surface area contributed by atoms with Gasteiger partial charge in [-0.25, -0.2) is 0 Å². The van der Waals surface area contributed by atoms with E-state index in [1.165, 1.54) is 4.57 Å². The molecule has 1 unspecified atom stereocenters. The predicted molar refractivity (Wildman–Crippen MR) is 86.9 cm³/mol. The first-order valence-electron chi connectivity index (χ1n) is 7.87. The Morgan fingerprint density at radius 3 is 2.91 bits per heavy atom. The van der Waals surface area contributed by atoms with Crippen molar-refractivity contribution in [1.29, 1.82) is 0 Å². The van der Waals surface area contributed by atoms with E-state index < -0.39 is 11.5 Å². The number of nitrogens with zero attached hydrogens (tertiary/aromatic N) is 1. The van der Waals surface area contributed by atoms with Gasteiger partial charge in [0.1, 0.15) is 11.3 Å². The number of aryl methyl sites for hydroxylation is 1. The fraction of sp³-hybridized carbons (Fsp3) is 0.412. The summed E-state index contributed by atoms with van der Waals surface area (Å²) in [5.41, 5.74) is -0.0646. The van der Waals surface area contributed by atoms with Crippen molar-refractivity contribution >= 4 is 16.8 Å². The standard InChI is InChI=1S/C17H20N2O4/c1-2-19-13-8-4-3-7-12(13)15(20)14(17(19)22)16(21)18-10-11-6-5-9-23-11/h3-4,7-8,11,20H,2,5-6,9-10H2,1H3,(H,18,21). The monoisotopic (exact) mass is 316 g/mol. The molecule has 6 heteroatoms. The molecule has 1 fully saturated rings. The van der Waals surface area contributed by atoms with E-state index in [2.05, 4.69) is 5.32 Å².